The van der Waals surface area contributed by atoms with Crippen molar-refractivity contribution in [1.82, 2.24) is 5.32 Å². The number of amides is 1. The molecule has 1 aliphatic carbocycles. The van der Waals surface area contributed by atoms with Crippen LogP contribution in [0.5, 0.6) is 0 Å². The number of nitrogens with one attached hydrogen (secondary N) is 1. The monoisotopic (exact) mass is 241 g/mol. The van der Waals surface area contributed by atoms with Crippen LogP contribution in [0.4, 0.5) is 0 Å². The van der Waals surface area contributed by atoms with E-state index < -0.39 is 5.54 Å². The van der Waals surface area contributed by atoms with Gasteiger partial charge < -0.3 is 16.8 Å². The summed E-state index contributed by atoms with van der Waals surface area (Å²) in [6.45, 7) is 4.63. The zero-order valence-electron chi connectivity index (χ0n) is 11.2. The second kappa shape index (κ2) is 5.83. The van der Waals surface area contributed by atoms with Crippen molar-refractivity contribution in [1.29, 1.82) is 0 Å². The Labute approximate surface area is 105 Å². The Morgan fingerprint density at radius 2 is 1.76 bits per heavy atom. The molecule has 0 atom stereocenters. The fraction of sp³-hybridized carbons (Fsp3) is 0.923. The number of carbonyl (C=O) groups excluding carboxylic acids is 1. The number of hydrogen-bond acceptors (Lipinski definition) is 3. The van der Waals surface area contributed by atoms with Crippen LogP contribution in [0.25, 0.3) is 0 Å². The van der Waals surface area contributed by atoms with Gasteiger partial charge in [-0.3, -0.25) is 4.79 Å². The van der Waals surface area contributed by atoms with Gasteiger partial charge in [-0.25, -0.2) is 0 Å². The largest absolute Gasteiger partial charge is 0.353 e. The summed E-state index contributed by atoms with van der Waals surface area (Å²) in [6.07, 6.45) is 6.63. The quantitative estimate of drug-likeness (QED) is 0.678. The van der Waals surface area contributed by atoms with Crippen molar-refractivity contribution >= 4 is 5.91 Å². The lowest BCUT2D eigenvalue weighted by atomic mass is 9.81. The maximum Gasteiger partial charge on any atom is 0.240 e. The van der Waals surface area contributed by atoms with Crippen LogP contribution < -0.4 is 16.8 Å². The maximum atomic E-state index is 12.1. The molecule has 0 unspecified atom stereocenters. The van der Waals surface area contributed by atoms with Crippen molar-refractivity contribution in [2.45, 2.75) is 69.9 Å². The van der Waals surface area contributed by atoms with E-state index in [-0.39, 0.29) is 11.4 Å². The molecule has 17 heavy (non-hydrogen) atoms. The van der Waals surface area contributed by atoms with Gasteiger partial charge in [0.15, 0.2) is 0 Å². The summed E-state index contributed by atoms with van der Waals surface area (Å²) >= 11 is 0. The predicted molar refractivity (Wildman–Crippen MR) is 70.5 cm³/mol. The molecule has 1 amide bonds. The minimum atomic E-state index is -0.652. The van der Waals surface area contributed by atoms with E-state index in [0.29, 0.717) is 6.54 Å². The first kappa shape index (κ1) is 14.5. The van der Waals surface area contributed by atoms with E-state index in [2.05, 4.69) is 19.2 Å². The Hall–Kier alpha value is -0.610. The molecule has 1 fully saturated rings. The molecule has 1 saturated carbocycles. The fourth-order valence-electron chi connectivity index (χ4n) is 2.34. The van der Waals surface area contributed by atoms with Crippen LogP contribution in [0.2, 0.25) is 0 Å². The minimum absolute atomic E-state index is 0.0195. The van der Waals surface area contributed by atoms with E-state index in [1.165, 1.54) is 6.42 Å². The van der Waals surface area contributed by atoms with Gasteiger partial charge in [-0.1, -0.05) is 33.1 Å². The van der Waals surface area contributed by atoms with Crippen molar-refractivity contribution in [2.75, 3.05) is 6.54 Å². The van der Waals surface area contributed by atoms with Crippen molar-refractivity contribution in [2.24, 2.45) is 11.5 Å². The molecule has 0 saturated heterocycles. The predicted octanol–water partition coefficient (Wildman–Crippen LogP) is 1.28. The molecule has 0 aliphatic heterocycles. The Balaban J connectivity index is 2.48. The second-order valence-corrected chi connectivity index (χ2v) is 5.47. The van der Waals surface area contributed by atoms with Crippen LogP contribution >= 0.6 is 0 Å². The van der Waals surface area contributed by atoms with Crippen LogP contribution in [0.3, 0.4) is 0 Å². The summed E-state index contributed by atoms with van der Waals surface area (Å²) in [6, 6.07) is 0. The molecule has 0 aromatic rings. The van der Waals surface area contributed by atoms with Gasteiger partial charge in [0.2, 0.25) is 5.91 Å². The third-order valence-corrected chi connectivity index (χ3v) is 4.21. The Morgan fingerprint density at radius 1 is 1.24 bits per heavy atom. The molecule has 4 heteroatoms. The molecular formula is C13H27N3O. The molecular weight excluding hydrogens is 214 g/mol. The zero-order chi connectivity index (χ0) is 12.9. The van der Waals surface area contributed by atoms with E-state index >= 15 is 0 Å². The molecule has 0 spiro atoms. The third-order valence-electron chi connectivity index (χ3n) is 4.21. The Kier molecular flexibility index (Phi) is 4.95. The highest BCUT2D eigenvalue weighted by Gasteiger charge is 2.36. The Morgan fingerprint density at radius 3 is 2.24 bits per heavy atom. The van der Waals surface area contributed by atoms with Gasteiger partial charge in [0.05, 0.1) is 5.54 Å². The fourth-order valence-corrected chi connectivity index (χ4v) is 2.34. The molecule has 100 valence electrons. The summed E-state index contributed by atoms with van der Waals surface area (Å²) in [4.78, 5) is 12.1. The topological polar surface area (TPSA) is 81.1 Å². The minimum Gasteiger partial charge on any atom is -0.353 e. The van der Waals surface area contributed by atoms with Gasteiger partial charge in [-0.05, 0) is 25.7 Å². The lowest BCUT2D eigenvalue weighted by Crippen LogP contribution is -2.58. The van der Waals surface area contributed by atoms with Crippen molar-refractivity contribution in [3.8, 4) is 0 Å². The lowest BCUT2D eigenvalue weighted by Gasteiger charge is -2.34. The molecule has 0 aromatic carbocycles. The SMILES string of the molecule is CCC(N)(CC)CNC(=O)C1(N)CCCCC1. The van der Waals surface area contributed by atoms with Crippen LogP contribution in [0, 0.1) is 0 Å². The molecule has 0 heterocycles. The average Bonchev–Trinajstić information content (AvgIpc) is 2.36. The van der Waals surface area contributed by atoms with Crippen LogP contribution in [-0.2, 0) is 4.79 Å². The van der Waals surface area contributed by atoms with E-state index in [9.17, 15) is 4.79 Å². The lowest BCUT2D eigenvalue weighted by molar-refractivity contribution is -0.127. The smallest absolute Gasteiger partial charge is 0.240 e. The van der Waals surface area contributed by atoms with Crippen molar-refractivity contribution in [3.63, 3.8) is 0 Å². The third kappa shape index (κ3) is 3.68. The summed E-state index contributed by atoms with van der Waals surface area (Å²) in [5, 5.41) is 2.95. The van der Waals surface area contributed by atoms with Gasteiger partial charge in [0.25, 0.3) is 0 Å². The number of rotatable bonds is 5. The molecule has 5 N–H and O–H groups in total. The first-order valence-corrected chi connectivity index (χ1v) is 6.82. The molecule has 1 aliphatic rings. The van der Waals surface area contributed by atoms with Gasteiger partial charge >= 0.3 is 0 Å². The van der Waals surface area contributed by atoms with Crippen LogP contribution in [0.15, 0.2) is 0 Å². The summed E-state index contributed by atoms with van der Waals surface area (Å²) in [5.41, 5.74) is 11.4. The number of nitrogens with two attached hydrogens (primary N) is 2. The highest BCUT2D eigenvalue weighted by Crippen LogP contribution is 2.26. The summed E-state index contributed by atoms with van der Waals surface area (Å²) in [5.74, 6) is -0.0195. The van der Waals surface area contributed by atoms with Gasteiger partial charge in [-0.15, -0.1) is 0 Å². The normalized spacial score (nSPS) is 20.0. The average molecular weight is 241 g/mol. The van der Waals surface area contributed by atoms with Gasteiger partial charge in [-0.2, -0.15) is 0 Å². The van der Waals surface area contributed by atoms with E-state index in [1.54, 1.807) is 0 Å². The zero-order valence-corrected chi connectivity index (χ0v) is 11.2. The van der Waals surface area contributed by atoms with E-state index in [4.69, 9.17) is 11.5 Å². The van der Waals surface area contributed by atoms with Crippen molar-refractivity contribution in [3.05, 3.63) is 0 Å². The highest BCUT2D eigenvalue weighted by atomic mass is 16.2. The maximum absolute atomic E-state index is 12.1. The van der Waals surface area contributed by atoms with Gasteiger partial charge in [0.1, 0.15) is 0 Å². The number of hydrogen-bond donors (Lipinski definition) is 3. The first-order chi connectivity index (χ1) is 7.96. The van der Waals surface area contributed by atoms with E-state index in [1.807, 2.05) is 0 Å². The molecule has 0 aromatic heterocycles. The standard InChI is InChI=1S/C13H27N3O/c1-3-12(14,4-2)10-16-11(17)13(15)8-6-5-7-9-13/h3-10,14-15H2,1-2H3,(H,16,17). The number of carbonyl (C=O) groups is 1. The highest BCUT2D eigenvalue weighted by molar-refractivity contribution is 5.86. The Bertz CT molecular complexity index is 255. The van der Waals surface area contributed by atoms with Crippen LogP contribution in [-0.4, -0.2) is 23.5 Å². The summed E-state index contributed by atoms with van der Waals surface area (Å²) < 4.78 is 0. The van der Waals surface area contributed by atoms with Crippen molar-refractivity contribution < 1.29 is 4.79 Å². The van der Waals surface area contributed by atoms with Crippen LogP contribution in [0.1, 0.15) is 58.8 Å². The van der Waals surface area contributed by atoms with E-state index in [0.717, 1.165) is 38.5 Å². The molecule has 4 nitrogen and oxygen atoms in total. The van der Waals surface area contributed by atoms with Gasteiger partial charge in [0, 0.05) is 12.1 Å². The molecule has 0 radical (unpaired) electrons. The summed E-state index contributed by atoms with van der Waals surface area (Å²) in [7, 11) is 0. The molecule has 0 bridgehead atoms. The molecule has 1 rings (SSSR count). The first-order valence-electron chi connectivity index (χ1n) is 6.82. The second-order valence-electron chi connectivity index (χ2n) is 5.47.